The molecule has 2 aromatic rings. The molecule has 10 heteroatoms. The Kier molecular flexibility index (Phi) is 8.08. The van der Waals surface area contributed by atoms with E-state index in [4.69, 9.17) is 5.73 Å². The van der Waals surface area contributed by atoms with Crippen LogP contribution in [0.2, 0.25) is 0 Å². The summed E-state index contributed by atoms with van der Waals surface area (Å²) in [6.07, 6.45) is 3.37. The van der Waals surface area contributed by atoms with Gasteiger partial charge in [0.15, 0.2) is 5.82 Å². The number of nitrogens with two attached hydrogens (primary N) is 1. The maximum atomic E-state index is 12.4. The molecule has 7 nitrogen and oxygen atoms in total. The summed E-state index contributed by atoms with van der Waals surface area (Å²) < 4.78 is 1.91. The van der Waals surface area contributed by atoms with E-state index in [1.807, 2.05) is 11.6 Å². The first-order valence-corrected chi connectivity index (χ1v) is 8.48. The zero-order valence-corrected chi connectivity index (χ0v) is 15.8. The molecule has 0 saturated carbocycles. The van der Waals surface area contributed by atoms with Gasteiger partial charge in [-0.25, -0.2) is 14.6 Å². The SMILES string of the molecule is CCc1nc2n(n1)CCCC2NC(=O)c1csc(CCN)n1.Cl.Cl. The molecular formula is C14H22Cl2N6OS. The van der Waals surface area contributed by atoms with E-state index in [1.54, 1.807) is 5.38 Å². The second-order valence-electron chi connectivity index (χ2n) is 5.30. The predicted octanol–water partition coefficient (Wildman–Crippen LogP) is 1.91. The number of aromatic nitrogens is 4. The van der Waals surface area contributed by atoms with Crippen molar-refractivity contribution in [3.63, 3.8) is 0 Å². The Morgan fingerprint density at radius 1 is 1.46 bits per heavy atom. The highest BCUT2D eigenvalue weighted by Crippen LogP contribution is 2.23. The van der Waals surface area contributed by atoms with Gasteiger partial charge in [-0.3, -0.25) is 4.79 Å². The molecule has 3 N–H and O–H groups in total. The highest BCUT2D eigenvalue weighted by molar-refractivity contribution is 7.09. The van der Waals surface area contributed by atoms with Gasteiger partial charge in [0.1, 0.15) is 11.5 Å². The van der Waals surface area contributed by atoms with Crippen molar-refractivity contribution in [3.8, 4) is 0 Å². The molecule has 0 spiro atoms. The van der Waals surface area contributed by atoms with E-state index >= 15 is 0 Å². The van der Waals surface area contributed by atoms with Crippen molar-refractivity contribution in [2.75, 3.05) is 6.54 Å². The van der Waals surface area contributed by atoms with Crippen molar-refractivity contribution in [1.82, 2.24) is 25.1 Å². The average Bonchev–Trinajstić information content (AvgIpc) is 3.14. The number of carbonyl (C=O) groups is 1. The fourth-order valence-electron chi connectivity index (χ4n) is 2.57. The van der Waals surface area contributed by atoms with Crippen molar-refractivity contribution in [3.05, 3.63) is 27.7 Å². The number of carbonyl (C=O) groups excluding carboxylic acids is 1. The third kappa shape index (κ3) is 4.44. The van der Waals surface area contributed by atoms with Crippen LogP contribution in [0.5, 0.6) is 0 Å². The van der Waals surface area contributed by atoms with E-state index in [9.17, 15) is 4.79 Å². The second-order valence-corrected chi connectivity index (χ2v) is 6.24. The molecule has 1 unspecified atom stereocenters. The van der Waals surface area contributed by atoms with Crippen LogP contribution in [0.25, 0.3) is 0 Å². The Morgan fingerprint density at radius 3 is 2.96 bits per heavy atom. The third-order valence-corrected chi connectivity index (χ3v) is 4.59. The van der Waals surface area contributed by atoms with Gasteiger partial charge in [-0.1, -0.05) is 6.92 Å². The van der Waals surface area contributed by atoms with E-state index < -0.39 is 0 Å². The molecule has 1 aliphatic heterocycles. The minimum Gasteiger partial charge on any atom is -0.341 e. The fourth-order valence-corrected chi connectivity index (χ4v) is 3.37. The van der Waals surface area contributed by atoms with Gasteiger partial charge in [-0.15, -0.1) is 36.2 Å². The third-order valence-electron chi connectivity index (χ3n) is 3.68. The van der Waals surface area contributed by atoms with Crippen LogP contribution in [-0.2, 0) is 19.4 Å². The fraction of sp³-hybridized carbons (Fsp3) is 0.571. The smallest absolute Gasteiger partial charge is 0.271 e. The molecule has 3 rings (SSSR count). The van der Waals surface area contributed by atoms with Crippen LogP contribution >= 0.6 is 36.2 Å². The number of fused-ring (bicyclic) bond motifs is 1. The van der Waals surface area contributed by atoms with Crippen molar-refractivity contribution in [2.24, 2.45) is 5.73 Å². The normalized spacial score (nSPS) is 15.8. The lowest BCUT2D eigenvalue weighted by molar-refractivity contribution is 0.0922. The Bertz CT molecular complexity index is 674. The number of nitrogens with zero attached hydrogens (tertiary/aromatic N) is 4. The number of halogens is 2. The van der Waals surface area contributed by atoms with Crippen LogP contribution < -0.4 is 11.1 Å². The van der Waals surface area contributed by atoms with E-state index in [-0.39, 0.29) is 36.8 Å². The van der Waals surface area contributed by atoms with Gasteiger partial charge in [0, 0.05) is 24.8 Å². The number of hydrogen-bond acceptors (Lipinski definition) is 6. The summed E-state index contributed by atoms with van der Waals surface area (Å²) in [7, 11) is 0. The predicted molar refractivity (Wildman–Crippen MR) is 98.2 cm³/mol. The molecular weight excluding hydrogens is 371 g/mol. The quantitative estimate of drug-likeness (QED) is 0.809. The van der Waals surface area contributed by atoms with Crippen LogP contribution in [0, 0.1) is 0 Å². The zero-order chi connectivity index (χ0) is 15.5. The van der Waals surface area contributed by atoms with E-state index in [1.165, 1.54) is 11.3 Å². The summed E-state index contributed by atoms with van der Waals surface area (Å²) in [5.41, 5.74) is 5.97. The van der Waals surface area contributed by atoms with Gasteiger partial charge >= 0.3 is 0 Å². The topological polar surface area (TPSA) is 98.7 Å². The molecule has 1 amide bonds. The van der Waals surface area contributed by atoms with Gasteiger partial charge < -0.3 is 11.1 Å². The zero-order valence-electron chi connectivity index (χ0n) is 13.4. The molecule has 0 aromatic carbocycles. The average molecular weight is 393 g/mol. The summed E-state index contributed by atoms with van der Waals surface area (Å²) >= 11 is 1.47. The number of nitrogens with one attached hydrogen (secondary N) is 1. The molecule has 0 radical (unpaired) electrons. The second kappa shape index (κ2) is 9.31. The van der Waals surface area contributed by atoms with Crippen LogP contribution in [0.1, 0.15) is 53.0 Å². The molecule has 0 bridgehead atoms. The number of aryl methyl sites for hydroxylation is 2. The first kappa shape index (κ1) is 20.8. The van der Waals surface area contributed by atoms with Crippen LogP contribution in [-0.4, -0.2) is 32.2 Å². The number of amides is 1. The number of hydrogen-bond donors (Lipinski definition) is 2. The maximum Gasteiger partial charge on any atom is 0.271 e. The summed E-state index contributed by atoms with van der Waals surface area (Å²) in [5.74, 6) is 1.53. The summed E-state index contributed by atoms with van der Waals surface area (Å²) in [4.78, 5) is 21.2. The lowest BCUT2D eigenvalue weighted by Crippen LogP contribution is -2.33. The maximum absolute atomic E-state index is 12.4. The van der Waals surface area contributed by atoms with Crippen molar-refractivity contribution >= 4 is 42.1 Å². The van der Waals surface area contributed by atoms with Crippen molar-refractivity contribution in [2.45, 2.75) is 45.2 Å². The van der Waals surface area contributed by atoms with Gasteiger partial charge in [-0.05, 0) is 19.4 Å². The molecule has 3 heterocycles. The van der Waals surface area contributed by atoms with Crippen molar-refractivity contribution < 1.29 is 4.79 Å². The first-order valence-electron chi connectivity index (χ1n) is 7.60. The molecule has 1 aliphatic rings. The Hall–Kier alpha value is -1.22. The molecule has 1 atom stereocenters. The van der Waals surface area contributed by atoms with Crippen LogP contribution in [0.15, 0.2) is 5.38 Å². The molecule has 0 saturated heterocycles. The lowest BCUT2D eigenvalue weighted by Gasteiger charge is -2.22. The highest BCUT2D eigenvalue weighted by Gasteiger charge is 2.26. The summed E-state index contributed by atoms with van der Waals surface area (Å²) in [6.45, 7) is 3.44. The summed E-state index contributed by atoms with van der Waals surface area (Å²) in [6, 6.07) is -0.0892. The van der Waals surface area contributed by atoms with E-state index in [2.05, 4.69) is 20.4 Å². The Labute approximate surface area is 157 Å². The Morgan fingerprint density at radius 2 is 2.25 bits per heavy atom. The van der Waals surface area contributed by atoms with Gasteiger partial charge in [0.25, 0.3) is 5.91 Å². The molecule has 2 aromatic heterocycles. The van der Waals surface area contributed by atoms with Crippen molar-refractivity contribution in [1.29, 1.82) is 0 Å². The molecule has 0 aliphatic carbocycles. The highest BCUT2D eigenvalue weighted by atomic mass is 35.5. The summed E-state index contributed by atoms with van der Waals surface area (Å²) in [5, 5.41) is 10.2. The molecule has 134 valence electrons. The van der Waals surface area contributed by atoms with Crippen LogP contribution in [0.3, 0.4) is 0 Å². The lowest BCUT2D eigenvalue weighted by atomic mass is 10.1. The van der Waals surface area contributed by atoms with E-state index in [0.717, 1.165) is 42.5 Å². The van der Waals surface area contributed by atoms with E-state index in [0.29, 0.717) is 18.7 Å². The van der Waals surface area contributed by atoms with Gasteiger partial charge in [-0.2, -0.15) is 5.10 Å². The number of thiazole rings is 1. The van der Waals surface area contributed by atoms with Crippen LogP contribution in [0.4, 0.5) is 0 Å². The largest absolute Gasteiger partial charge is 0.341 e. The monoisotopic (exact) mass is 392 g/mol. The number of rotatable bonds is 5. The van der Waals surface area contributed by atoms with Gasteiger partial charge in [0.2, 0.25) is 0 Å². The molecule has 0 fully saturated rings. The minimum atomic E-state index is -0.154. The minimum absolute atomic E-state index is 0. The standard InChI is InChI=1S/C14H20N6OS.2ClH/c1-2-11-18-13-9(4-3-7-20(13)19-11)17-14(21)10-8-22-12(16-10)5-6-15;;/h8-9H,2-7,15H2,1H3,(H,17,21);2*1H. The molecule has 24 heavy (non-hydrogen) atoms. The first-order chi connectivity index (χ1) is 10.7. The van der Waals surface area contributed by atoms with Gasteiger partial charge in [0.05, 0.1) is 11.0 Å². The Balaban J connectivity index is 0.00000144.